The number of urea groups is 1. The molecule has 0 bridgehead atoms. The summed E-state index contributed by atoms with van der Waals surface area (Å²) in [5.74, 6) is 0. The van der Waals surface area contributed by atoms with Crippen molar-refractivity contribution in [1.29, 1.82) is 0 Å². The van der Waals surface area contributed by atoms with E-state index in [0.29, 0.717) is 12.6 Å². The lowest BCUT2D eigenvalue weighted by Gasteiger charge is -2.23. The lowest BCUT2D eigenvalue weighted by Crippen LogP contribution is -2.36. The molecule has 116 valence electrons. The normalized spacial score (nSPS) is 14.0. The van der Waals surface area contributed by atoms with E-state index in [0.717, 1.165) is 24.2 Å². The minimum atomic E-state index is -0.00745. The van der Waals surface area contributed by atoms with Crippen molar-refractivity contribution in [2.24, 2.45) is 7.05 Å². The highest BCUT2D eigenvalue weighted by Gasteiger charge is 2.33. The number of amides is 2. The molecule has 4 nitrogen and oxygen atoms in total. The summed E-state index contributed by atoms with van der Waals surface area (Å²) in [4.78, 5) is 14.6. The average Bonchev–Trinajstić information content (AvgIpc) is 3.24. The van der Waals surface area contributed by atoms with Crippen molar-refractivity contribution in [3.63, 3.8) is 0 Å². The van der Waals surface area contributed by atoms with Gasteiger partial charge in [-0.05, 0) is 62.1 Å². The van der Waals surface area contributed by atoms with E-state index in [1.165, 1.54) is 11.1 Å². The lowest BCUT2D eigenvalue weighted by molar-refractivity contribution is 0.205. The molecule has 1 aliphatic rings. The van der Waals surface area contributed by atoms with E-state index < -0.39 is 0 Å². The van der Waals surface area contributed by atoms with Gasteiger partial charge in [-0.1, -0.05) is 6.07 Å². The van der Waals surface area contributed by atoms with Crippen LogP contribution >= 0.6 is 0 Å². The number of carbonyl (C=O) groups excluding carboxylic acids is 1. The summed E-state index contributed by atoms with van der Waals surface area (Å²) in [5, 5.41) is 3.04. The van der Waals surface area contributed by atoms with Gasteiger partial charge in [0.2, 0.25) is 0 Å². The zero-order valence-electron chi connectivity index (χ0n) is 13.5. The van der Waals surface area contributed by atoms with Crippen LogP contribution in [0, 0.1) is 13.8 Å². The molecule has 1 aromatic carbocycles. The fourth-order valence-corrected chi connectivity index (χ4v) is 2.60. The molecule has 3 rings (SSSR count). The molecule has 0 unspecified atom stereocenters. The van der Waals surface area contributed by atoms with Crippen LogP contribution in [0.2, 0.25) is 0 Å². The van der Waals surface area contributed by atoms with E-state index in [9.17, 15) is 4.79 Å². The van der Waals surface area contributed by atoms with Gasteiger partial charge in [0.1, 0.15) is 0 Å². The Balaban J connectivity index is 1.72. The molecule has 2 amide bonds. The van der Waals surface area contributed by atoms with Crippen molar-refractivity contribution < 1.29 is 4.79 Å². The van der Waals surface area contributed by atoms with Gasteiger partial charge in [-0.2, -0.15) is 0 Å². The van der Waals surface area contributed by atoms with E-state index in [-0.39, 0.29) is 6.03 Å². The Bertz CT molecular complexity index is 685. The van der Waals surface area contributed by atoms with Crippen LogP contribution in [-0.4, -0.2) is 21.5 Å². The molecule has 1 N–H and O–H groups in total. The molecule has 0 saturated heterocycles. The van der Waals surface area contributed by atoms with Crippen molar-refractivity contribution in [1.82, 2.24) is 9.47 Å². The first-order chi connectivity index (χ1) is 10.5. The summed E-state index contributed by atoms with van der Waals surface area (Å²) in [7, 11) is 2.02. The molecule has 1 heterocycles. The number of carbonyl (C=O) groups is 1. The third kappa shape index (κ3) is 3.16. The number of nitrogens with one attached hydrogen (secondary N) is 1. The Morgan fingerprint density at radius 3 is 2.64 bits per heavy atom. The number of aryl methyl sites for hydroxylation is 3. The minimum Gasteiger partial charge on any atom is -0.353 e. The van der Waals surface area contributed by atoms with Gasteiger partial charge in [0.15, 0.2) is 0 Å². The predicted octanol–water partition coefficient (Wildman–Crippen LogP) is 3.84. The fraction of sp³-hybridized carbons (Fsp3) is 0.389. The molecular formula is C18H23N3O. The van der Waals surface area contributed by atoms with Crippen LogP contribution in [0.4, 0.5) is 10.5 Å². The zero-order chi connectivity index (χ0) is 15.7. The van der Waals surface area contributed by atoms with Gasteiger partial charge in [0.05, 0.1) is 6.54 Å². The summed E-state index contributed by atoms with van der Waals surface area (Å²) in [6.45, 7) is 4.80. The van der Waals surface area contributed by atoms with Gasteiger partial charge in [0.25, 0.3) is 0 Å². The van der Waals surface area contributed by atoms with Crippen molar-refractivity contribution in [2.45, 2.75) is 39.3 Å². The minimum absolute atomic E-state index is 0.00745. The molecule has 22 heavy (non-hydrogen) atoms. The number of hydrogen-bond donors (Lipinski definition) is 1. The highest BCUT2D eigenvalue weighted by atomic mass is 16.2. The van der Waals surface area contributed by atoms with Crippen LogP contribution in [0.1, 0.15) is 29.7 Å². The predicted molar refractivity (Wildman–Crippen MR) is 88.9 cm³/mol. The average molecular weight is 297 g/mol. The van der Waals surface area contributed by atoms with E-state index in [2.05, 4.69) is 29.8 Å². The summed E-state index contributed by atoms with van der Waals surface area (Å²) in [6, 6.07) is 10.5. The highest BCUT2D eigenvalue weighted by molar-refractivity contribution is 5.89. The maximum Gasteiger partial charge on any atom is 0.322 e. The van der Waals surface area contributed by atoms with Gasteiger partial charge in [0, 0.05) is 30.7 Å². The van der Waals surface area contributed by atoms with Gasteiger partial charge >= 0.3 is 6.03 Å². The second kappa shape index (κ2) is 5.87. The van der Waals surface area contributed by atoms with Crippen molar-refractivity contribution >= 4 is 11.7 Å². The van der Waals surface area contributed by atoms with Crippen LogP contribution in [0.5, 0.6) is 0 Å². The number of hydrogen-bond acceptors (Lipinski definition) is 1. The molecule has 4 heteroatoms. The first-order valence-corrected chi connectivity index (χ1v) is 7.79. The molecule has 2 aromatic rings. The van der Waals surface area contributed by atoms with Crippen molar-refractivity contribution in [3.8, 4) is 0 Å². The first kappa shape index (κ1) is 14.7. The summed E-state index contributed by atoms with van der Waals surface area (Å²) in [5.41, 5.74) is 4.45. The Kier molecular flexibility index (Phi) is 3.92. The lowest BCUT2D eigenvalue weighted by atomic mass is 10.1. The van der Waals surface area contributed by atoms with Crippen LogP contribution in [0.25, 0.3) is 0 Å². The Labute approximate surface area is 131 Å². The monoisotopic (exact) mass is 297 g/mol. The third-order valence-electron chi connectivity index (χ3n) is 4.39. The standard InChI is InChI=1S/C18H23N3O/c1-13-6-7-15(11-14(13)2)19-18(22)21(16-8-9-16)12-17-5-4-10-20(17)3/h4-7,10-11,16H,8-9,12H2,1-3H3,(H,19,22). The molecule has 1 aliphatic carbocycles. The molecule has 0 spiro atoms. The molecular weight excluding hydrogens is 274 g/mol. The van der Waals surface area contributed by atoms with Crippen LogP contribution in [0.15, 0.2) is 36.5 Å². The quantitative estimate of drug-likeness (QED) is 0.914. The van der Waals surface area contributed by atoms with Gasteiger partial charge in [-0.25, -0.2) is 4.79 Å². The van der Waals surface area contributed by atoms with E-state index >= 15 is 0 Å². The number of rotatable bonds is 4. The summed E-state index contributed by atoms with van der Waals surface area (Å²) < 4.78 is 2.07. The summed E-state index contributed by atoms with van der Waals surface area (Å²) in [6.07, 6.45) is 4.22. The maximum atomic E-state index is 12.6. The van der Waals surface area contributed by atoms with Crippen LogP contribution in [0.3, 0.4) is 0 Å². The maximum absolute atomic E-state index is 12.6. The van der Waals surface area contributed by atoms with E-state index in [1.807, 2.05) is 42.4 Å². The zero-order valence-corrected chi connectivity index (χ0v) is 13.5. The Morgan fingerprint density at radius 1 is 1.27 bits per heavy atom. The SMILES string of the molecule is Cc1ccc(NC(=O)N(Cc2cccn2C)C2CC2)cc1C. The van der Waals surface area contributed by atoms with Crippen LogP contribution in [-0.2, 0) is 13.6 Å². The van der Waals surface area contributed by atoms with Crippen molar-refractivity contribution in [2.75, 3.05) is 5.32 Å². The van der Waals surface area contributed by atoms with Crippen molar-refractivity contribution in [3.05, 3.63) is 53.3 Å². The molecule has 0 aliphatic heterocycles. The van der Waals surface area contributed by atoms with Gasteiger partial charge in [-0.3, -0.25) is 0 Å². The molecule has 0 radical (unpaired) electrons. The number of anilines is 1. The van der Waals surface area contributed by atoms with Crippen LogP contribution < -0.4 is 5.32 Å². The topological polar surface area (TPSA) is 37.3 Å². The molecule has 1 saturated carbocycles. The molecule has 1 aromatic heterocycles. The summed E-state index contributed by atoms with van der Waals surface area (Å²) >= 11 is 0. The second-order valence-electron chi connectivity index (χ2n) is 6.20. The van der Waals surface area contributed by atoms with E-state index in [4.69, 9.17) is 0 Å². The Hall–Kier alpha value is -2.23. The number of aromatic nitrogens is 1. The molecule has 0 atom stereocenters. The Morgan fingerprint density at radius 2 is 2.05 bits per heavy atom. The smallest absolute Gasteiger partial charge is 0.322 e. The third-order valence-corrected chi connectivity index (χ3v) is 4.39. The highest BCUT2D eigenvalue weighted by Crippen LogP contribution is 2.29. The van der Waals surface area contributed by atoms with Gasteiger partial charge in [-0.15, -0.1) is 0 Å². The largest absolute Gasteiger partial charge is 0.353 e. The fourth-order valence-electron chi connectivity index (χ4n) is 2.60. The number of benzene rings is 1. The molecule has 1 fully saturated rings. The first-order valence-electron chi connectivity index (χ1n) is 7.79. The van der Waals surface area contributed by atoms with Gasteiger partial charge < -0.3 is 14.8 Å². The van der Waals surface area contributed by atoms with E-state index in [1.54, 1.807) is 0 Å². The second-order valence-corrected chi connectivity index (χ2v) is 6.20. The number of nitrogens with zero attached hydrogens (tertiary/aromatic N) is 2.